The second-order valence-electron chi connectivity index (χ2n) is 12.1. The summed E-state index contributed by atoms with van der Waals surface area (Å²) in [6.45, 7) is 0. The predicted molar refractivity (Wildman–Crippen MR) is 208 cm³/mol. The van der Waals surface area contributed by atoms with E-state index in [1.807, 2.05) is 11.3 Å². The summed E-state index contributed by atoms with van der Waals surface area (Å²) >= 11 is 1.89. The average Bonchev–Trinajstić information content (AvgIpc) is 3.56. The van der Waals surface area contributed by atoms with E-state index in [1.54, 1.807) is 0 Å². The fraction of sp³-hybridized carbons (Fsp3) is 0. The first-order chi connectivity index (χ1) is 23.8. The van der Waals surface area contributed by atoms with Crippen LogP contribution >= 0.6 is 11.3 Å². The van der Waals surface area contributed by atoms with Crippen molar-refractivity contribution < 1.29 is 0 Å². The Kier molecular flexibility index (Phi) is 7.07. The molecule has 0 saturated heterocycles. The first-order valence-electron chi connectivity index (χ1n) is 16.4. The van der Waals surface area contributed by atoms with Crippen LogP contribution in [0.5, 0.6) is 0 Å². The first kappa shape index (κ1) is 28.3. The predicted octanol–water partition coefficient (Wildman–Crippen LogP) is 13.7. The van der Waals surface area contributed by atoms with E-state index < -0.39 is 0 Å². The summed E-state index contributed by atoms with van der Waals surface area (Å²) in [5.41, 5.74) is 10.7. The van der Waals surface area contributed by atoms with E-state index >= 15 is 0 Å². The maximum Gasteiger partial charge on any atom is 0.0540 e. The lowest BCUT2D eigenvalue weighted by atomic mass is 9.94. The lowest BCUT2D eigenvalue weighted by molar-refractivity contribution is 1.30. The lowest BCUT2D eigenvalue weighted by Gasteiger charge is -2.28. The summed E-state index contributed by atoms with van der Waals surface area (Å²) in [6.07, 6.45) is 0. The number of hydrogen-bond donors (Lipinski definition) is 0. The summed E-state index contributed by atoms with van der Waals surface area (Å²) in [6, 6.07) is 68.0. The van der Waals surface area contributed by atoms with E-state index in [-0.39, 0.29) is 0 Å². The molecule has 8 aromatic carbocycles. The maximum absolute atomic E-state index is 2.42. The van der Waals surface area contributed by atoms with E-state index in [0.29, 0.717) is 0 Å². The van der Waals surface area contributed by atoms with Gasteiger partial charge in [0.1, 0.15) is 0 Å². The van der Waals surface area contributed by atoms with Gasteiger partial charge in [0.2, 0.25) is 0 Å². The van der Waals surface area contributed by atoms with Crippen LogP contribution in [-0.4, -0.2) is 0 Å². The molecule has 0 aliphatic heterocycles. The second kappa shape index (κ2) is 12.0. The molecule has 1 aromatic heterocycles. The van der Waals surface area contributed by atoms with Gasteiger partial charge in [-0.05, 0) is 69.8 Å². The fourth-order valence-corrected chi connectivity index (χ4v) is 8.22. The third kappa shape index (κ3) is 4.95. The van der Waals surface area contributed by atoms with Crippen LogP contribution in [0.1, 0.15) is 0 Å². The third-order valence-electron chi connectivity index (χ3n) is 9.29. The van der Waals surface area contributed by atoms with E-state index in [9.17, 15) is 0 Å². The van der Waals surface area contributed by atoms with E-state index in [2.05, 4.69) is 193 Å². The van der Waals surface area contributed by atoms with Gasteiger partial charge in [0.15, 0.2) is 0 Å². The van der Waals surface area contributed by atoms with Crippen LogP contribution < -0.4 is 4.90 Å². The Morgan fingerprint density at radius 2 is 0.812 bits per heavy atom. The minimum absolute atomic E-state index is 1.12. The molecule has 0 aliphatic rings. The number of thiophene rings is 1. The van der Waals surface area contributed by atoms with Crippen LogP contribution in [0.2, 0.25) is 0 Å². The number of benzene rings is 8. The summed E-state index contributed by atoms with van der Waals surface area (Å²) in [4.78, 5) is 2.42. The number of anilines is 3. The standard InChI is InChI=1S/C46H31NS/c1-4-12-32(13-5-1)34-20-24-37(25-21-34)47(38-26-22-35(23-27-38)33-14-6-2-7-15-33)43-31-30-39(36-16-8-3-9-17-36)45-42(43)29-28-41-40-18-10-11-19-44(40)48-46(41)45/h1-31H. The van der Waals surface area contributed by atoms with Crippen molar-refractivity contribution in [1.29, 1.82) is 0 Å². The van der Waals surface area contributed by atoms with Crippen LogP contribution in [0.3, 0.4) is 0 Å². The summed E-state index contributed by atoms with van der Waals surface area (Å²) in [5.74, 6) is 0. The summed E-state index contributed by atoms with van der Waals surface area (Å²) in [7, 11) is 0. The molecule has 0 fully saturated rings. The Hall–Kier alpha value is -5.96. The smallest absolute Gasteiger partial charge is 0.0540 e. The molecule has 9 rings (SSSR count). The molecule has 1 nitrogen and oxygen atoms in total. The van der Waals surface area contributed by atoms with Crippen LogP contribution in [0, 0.1) is 0 Å². The van der Waals surface area contributed by atoms with Crippen LogP contribution in [0.15, 0.2) is 188 Å². The monoisotopic (exact) mass is 629 g/mol. The van der Waals surface area contributed by atoms with Crippen molar-refractivity contribution in [1.82, 2.24) is 0 Å². The highest BCUT2D eigenvalue weighted by molar-refractivity contribution is 7.26. The van der Waals surface area contributed by atoms with Gasteiger partial charge in [-0.1, -0.05) is 152 Å². The van der Waals surface area contributed by atoms with Crippen molar-refractivity contribution in [2.24, 2.45) is 0 Å². The van der Waals surface area contributed by atoms with E-state index in [1.165, 1.54) is 64.3 Å². The first-order valence-corrected chi connectivity index (χ1v) is 17.2. The Balaban J connectivity index is 1.29. The summed E-state index contributed by atoms with van der Waals surface area (Å²) < 4.78 is 2.64. The number of rotatable bonds is 6. The molecule has 0 spiro atoms. The minimum Gasteiger partial charge on any atom is -0.310 e. The van der Waals surface area contributed by atoms with Crippen molar-refractivity contribution in [2.75, 3.05) is 4.90 Å². The highest BCUT2D eigenvalue weighted by Gasteiger charge is 2.20. The molecule has 226 valence electrons. The lowest BCUT2D eigenvalue weighted by Crippen LogP contribution is -2.10. The number of fused-ring (bicyclic) bond motifs is 5. The highest BCUT2D eigenvalue weighted by Crippen LogP contribution is 2.47. The molecular formula is C46H31NS. The molecule has 0 atom stereocenters. The van der Waals surface area contributed by atoms with Crippen LogP contribution in [0.25, 0.3) is 64.3 Å². The Bertz CT molecular complexity index is 2430. The molecule has 0 bridgehead atoms. The van der Waals surface area contributed by atoms with Crippen LogP contribution in [-0.2, 0) is 0 Å². The topological polar surface area (TPSA) is 3.24 Å². The average molecular weight is 630 g/mol. The zero-order valence-electron chi connectivity index (χ0n) is 26.3. The van der Waals surface area contributed by atoms with Gasteiger partial charge in [0, 0.05) is 42.3 Å². The molecule has 9 aromatic rings. The van der Waals surface area contributed by atoms with Crippen LogP contribution in [0.4, 0.5) is 17.1 Å². The molecule has 0 amide bonds. The highest BCUT2D eigenvalue weighted by atomic mass is 32.1. The van der Waals surface area contributed by atoms with Gasteiger partial charge < -0.3 is 4.90 Å². The van der Waals surface area contributed by atoms with E-state index in [0.717, 1.165) is 17.1 Å². The Labute approximate surface area is 284 Å². The van der Waals surface area contributed by atoms with Crippen molar-refractivity contribution >= 4 is 59.3 Å². The van der Waals surface area contributed by atoms with Crippen molar-refractivity contribution in [3.63, 3.8) is 0 Å². The second-order valence-corrected chi connectivity index (χ2v) is 13.2. The maximum atomic E-state index is 2.42. The minimum atomic E-state index is 1.12. The molecule has 0 aliphatic carbocycles. The van der Waals surface area contributed by atoms with Gasteiger partial charge in [-0.15, -0.1) is 11.3 Å². The molecule has 0 saturated carbocycles. The van der Waals surface area contributed by atoms with Gasteiger partial charge in [-0.2, -0.15) is 0 Å². The van der Waals surface area contributed by atoms with Gasteiger partial charge >= 0.3 is 0 Å². The van der Waals surface area contributed by atoms with E-state index in [4.69, 9.17) is 0 Å². The van der Waals surface area contributed by atoms with Gasteiger partial charge in [0.05, 0.1) is 5.69 Å². The zero-order chi connectivity index (χ0) is 31.9. The van der Waals surface area contributed by atoms with Crippen molar-refractivity contribution in [2.45, 2.75) is 0 Å². The molecule has 0 N–H and O–H groups in total. The van der Waals surface area contributed by atoms with Gasteiger partial charge in [-0.25, -0.2) is 0 Å². The SMILES string of the molecule is c1ccc(-c2ccc(N(c3ccc(-c4ccccc4)cc3)c3ccc(-c4ccccc4)c4c3ccc3c5ccccc5sc34)cc2)cc1. The molecule has 1 heterocycles. The number of hydrogen-bond acceptors (Lipinski definition) is 2. The Morgan fingerprint density at radius 1 is 0.333 bits per heavy atom. The normalized spacial score (nSPS) is 11.3. The summed E-state index contributed by atoms with van der Waals surface area (Å²) in [5, 5.41) is 5.15. The largest absolute Gasteiger partial charge is 0.310 e. The fourth-order valence-electron chi connectivity index (χ4n) is 6.95. The third-order valence-corrected chi connectivity index (χ3v) is 10.5. The van der Waals surface area contributed by atoms with Gasteiger partial charge in [0.25, 0.3) is 0 Å². The molecule has 48 heavy (non-hydrogen) atoms. The zero-order valence-corrected chi connectivity index (χ0v) is 27.1. The quantitative estimate of drug-likeness (QED) is 0.177. The number of nitrogens with zero attached hydrogens (tertiary/aromatic N) is 1. The molecule has 0 unspecified atom stereocenters. The Morgan fingerprint density at radius 3 is 1.40 bits per heavy atom. The van der Waals surface area contributed by atoms with Gasteiger partial charge in [-0.3, -0.25) is 0 Å². The molecule has 0 radical (unpaired) electrons. The van der Waals surface area contributed by atoms with Crippen molar-refractivity contribution in [3.8, 4) is 33.4 Å². The molecule has 2 heteroatoms. The van der Waals surface area contributed by atoms with Crippen molar-refractivity contribution in [3.05, 3.63) is 188 Å². The molecular weight excluding hydrogens is 599 g/mol.